The SMILES string of the molecule is CC1(C)OB(C(=Cc2cnn(-c3ccccc3)c2)CO)OC1(C)C. The van der Waals surface area contributed by atoms with Gasteiger partial charge in [-0.15, -0.1) is 0 Å². The van der Waals surface area contributed by atoms with Gasteiger partial charge in [0.15, 0.2) is 0 Å². The van der Waals surface area contributed by atoms with Crippen LogP contribution in [0, 0.1) is 0 Å². The molecule has 6 heteroatoms. The first kappa shape index (κ1) is 17.0. The van der Waals surface area contributed by atoms with E-state index in [2.05, 4.69) is 5.10 Å². The maximum absolute atomic E-state index is 9.76. The quantitative estimate of drug-likeness (QED) is 0.878. The molecule has 1 saturated heterocycles. The van der Waals surface area contributed by atoms with E-state index in [1.807, 2.05) is 70.3 Å². The van der Waals surface area contributed by atoms with Crippen LogP contribution in [-0.2, 0) is 9.31 Å². The highest BCUT2D eigenvalue weighted by Crippen LogP contribution is 2.38. The summed E-state index contributed by atoms with van der Waals surface area (Å²) in [5, 5.41) is 14.1. The standard InChI is InChI=1S/C18H23BN2O3/c1-17(2)18(3,4)24-19(23-17)15(13-22)10-14-11-20-21(12-14)16-8-6-5-7-9-16/h5-12,22H,13H2,1-4H3. The molecule has 24 heavy (non-hydrogen) atoms. The minimum Gasteiger partial charge on any atom is -0.400 e. The summed E-state index contributed by atoms with van der Waals surface area (Å²) in [7, 11) is -0.555. The molecular weight excluding hydrogens is 303 g/mol. The van der Waals surface area contributed by atoms with E-state index in [-0.39, 0.29) is 6.61 Å². The van der Waals surface area contributed by atoms with E-state index in [1.165, 1.54) is 0 Å². The number of para-hydroxylation sites is 1. The molecule has 0 spiro atoms. The van der Waals surface area contributed by atoms with E-state index in [1.54, 1.807) is 10.9 Å². The number of rotatable bonds is 4. The van der Waals surface area contributed by atoms with E-state index >= 15 is 0 Å². The Balaban J connectivity index is 1.84. The number of hydrogen-bond donors (Lipinski definition) is 1. The molecule has 1 aliphatic rings. The van der Waals surface area contributed by atoms with Crippen LogP contribution in [0.25, 0.3) is 11.8 Å². The van der Waals surface area contributed by atoms with Gasteiger partial charge in [-0.2, -0.15) is 5.10 Å². The summed E-state index contributed by atoms with van der Waals surface area (Å²) in [6, 6.07) is 9.88. The van der Waals surface area contributed by atoms with Gasteiger partial charge in [-0.25, -0.2) is 4.68 Å². The van der Waals surface area contributed by atoms with Gasteiger partial charge in [0.1, 0.15) is 0 Å². The fourth-order valence-electron chi connectivity index (χ4n) is 2.53. The van der Waals surface area contributed by atoms with Crippen molar-refractivity contribution in [1.29, 1.82) is 0 Å². The van der Waals surface area contributed by atoms with Gasteiger partial charge in [-0.3, -0.25) is 0 Å². The zero-order valence-corrected chi connectivity index (χ0v) is 14.6. The minimum atomic E-state index is -0.555. The predicted molar refractivity (Wildman–Crippen MR) is 94.7 cm³/mol. The molecule has 0 bridgehead atoms. The summed E-state index contributed by atoms with van der Waals surface area (Å²) in [4.78, 5) is 0. The van der Waals surface area contributed by atoms with Gasteiger partial charge in [0.25, 0.3) is 0 Å². The Bertz CT molecular complexity index is 722. The van der Waals surface area contributed by atoms with Crippen LogP contribution in [0.4, 0.5) is 0 Å². The summed E-state index contributed by atoms with van der Waals surface area (Å²) >= 11 is 0. The number of benzene rings is 1. The molecule has 0 radical (unpaired) electrons. The van der Waals surface area contributed by atoms with Gasteiger partial charge >= 0.3 is 7.12 Å². The molecule has 1 aromatic carbocycles. The summed E-state index contributed by atoms with van der Waals surface area (Å²) in [5.41, 5.74) is 1.69. The van der Waals surface area contributed by atoms with Gasteiger partial charge in [0, 0.05) is 11.8 Å². The molecule has 1 fully saturated rings. The lowest BCUT2D eigenvalue weighted by atomic mass is 9.78. The second-order valence-corrected chi connectivity index (χ2v) is 7.02. The van der Waals surface area contributed by atoms with Crippen molar-refractivity contribution in [2.75, 3.05) is 6.61 Å². The highest BCUT2D eigenvalue weighted by atomic mass is 16.7. The second-order valence-electron chi connectivity index (χ2n) is 7.02. The maximum Gasteiger partial charge on any atom is 0.492 e. The zero-order valence-electron chi connectivity index (χ0n) is 14.6. The van der Waals surface area contributed by atoms with E-state index in [4.69, 9.17) is 9.31 Å². The molecule has 0 saturated carbocycles. The van der Waals surface area contributed by atoms with E-state index in [0.29, 0.717) is 5.47 Å². The van der Waals surface area contributed by atoms with Crippen LogP contribution in [0.15, 0.2) is 48.2 Å². The van der Waals surface area contributed by atoms with E-state index in [0.717, 1.165) is 11.3 Å². The normalized spacial score (nSPS) is 19.7. The fraction of sp³-hybridized carbons (Fsp3) is 0.389. The van der Waals surface area contributed by atoms with Crippen molar-refractivity contribution in [1.82, 2.24) is 9.78 Å². The van der Waals surface area contributed by atoms with E-state index < -0.39 is 18.3 Å². The largest absolute Gasteiger partial charge is 0.492 e. The van der Waals surface area contributed by atoms with Crippen molar-refractivity contribution >= 4 is 13.2 Å². The average Bonchev–Trinajstić information content (AvgIpc) is 3.08. The van der Waals surface area contributed by atoms with Gasteiger partial charge in [0.2, 0.25) is 0 Å². The van der Waals surface area contributed by atoms with Crippen molar-refractivity contribution in [3.8, 4) is 5.69 Å². The number of aromatic nitrogens is 2. The second kappa shape index (κ2) is 6.20. The van der Waals surface area contributed by atoms with Crippen molar-refractivity contribution in [2.24, 2.45) is 0 Å². The minimum absolute atomic E-state index is 0.132. The molecule has 3 rings (SSSR count). The predicted octanol–water partition coefficient (Wildman–Crippen LogP) is 2.88. The fourth-order valence-corrected chi connectivity index (χ4v) is 2.53. The number of aliphatic hydroxyl groups excluding tert-OH is 1. The lowest BCUT2D eigenvalue weighted by molar-refractivity contribution is 0.00578. The maximum atomic E-state index is 9.76. The lowest BCUT2D eigenvalue weighted by Gasteiger charge is -2.32. The smallest absolute Gasteiger partial charge is 0.400 e. The number of hydrogen-bond acceptors (Lipinski definition) is 4. The third kappa shape index (κ3) is 3.17. The summed E-state index contributed by atoms with van der Waals surface area (Å²) < 4.78 is 13.8. The van der Waals surface area contributed by atoms with Crippen LogP contribution < -0.4 is 0 Å². The molecule has 0 amide bonds. The van der Waals surface area contributed by atoms with Crippen LogP contribution in [-0.4, -0.2) is 39.8 Å². The molecular formula is C18H23BN2O3. The molecule has 1 aromatic heterocycles. The Hall–Kier alpha value is -1.89. The Morgan fingerprint density at radius 1 is 1.17 bits per heavy atom. The Labute approximate surface area is 143 Å². The van der Waals surface area contributed by atoms with Crippen molar-refractivity contribution in [2.45, 2.75) is 38.9 Å². The third-order valence-corrected chi connectivity index (χ3v) is 4.71. The first-order valence-electron chi connectivity index (χ1n) is 8.09. The topological polar surface area (TPSA) is 56.5 Å². The molecule has 0 atom stereocenters. The van der Waals surface area contributed by atoms with Crippen LogP contribution in [0.1, 0.15) is 33.3 Å². The van der Waals surface area contributed by atoms with E-state index in [9.17, 15) is 5.11 Å². The highest BCUT2D eigenvalue weighted by molar-refractivity contribution is 6.55. The van der Waals surface area contributed by atoms with Crippen LogP contribution in [0.2, 0.25) is 0 Å². The number of aliphatic hydroxyl groups is 1. The molecule has 1 N–H and O–H groups in total. The Kier molecular flexibility index (Phi) is 4.38. The van der Waals surface area contributed by atoms with Gasteiger partial charge in [0.05, 0.1) is 29.7 Å². The summed E-state index contributed by atoms with van der Waals surface area (Å²) in [6.07, 6.45) is 5.54. The zero-order chi connectivity index (χ0) is 17.4. The first-order valence-corrected chi connectivity index (χ1v) is 8.09. The molecule has 0 unspecified atom stereocenters. The molecule has 126 valence electrons. The molecule has 1 aliphatic heterocycles. The molecule has 2 heterocycles. The van der Waals surface area contributed by atoms with Crippen LogP contribution in [0.5, 0.6) is 0 Å². The summed E-state index contributed by atoms with van der Waals surface area (Å²) in [5.74, 6) is 0. The Morgan fingerprint density at radius 2 is 1.79 bits per heavy atom. The highest BCUT2D eigenvalue weighted by Gasteiger charge is 2.52. The average molecular weight is 326 g/mol. The van der Waals surface area contributed by atoms with Gasteiger partial charge in [-0.1, -0.05) is 24.3 Å². The van der Waals surface area contributed by atoms with Crippen molar-refractivity contribution < 1.29 is 14.4 Å². The monoisotopic (exact) mass is 326 g/mol. The summed E-state index contributed by atoms with van der Waals surface area (Å²) in [6.45, 7) is 7.85. The van der Waals surface area contributed by atoms with Crippen LogP contribution >= 0.6 is 0 Å². The van der Waals surface area contributed by atoms with Gasteiger partial charge < -0.3 is 14.4 Å². The van der Waals surface area contributed by atoms with Gasteiger partial charge in [-0.05, 0) is 45.3 Å². The van der Waals surface area contributed by atoms with Crippen LogP contribution in [0.3, 0.4) is 0 Å². The van der Waals surface area contributed by atoms with Crippen molar-refractivity contribution in [3.05, 3.63) is 53.8 Å². The molecule has 5 nitrogen and oxygen atoms in total. The molecule has 2 aromatic rings. The Morgan fingerprint density at radius 3 is 2.38 bits per heavy atom. The molecule has 0 aliphatic carbocycles. The third-order valence-electron chi connectivity index (χ3n) is 4.71. The number of nitrogens with zero attached hydrogens (tertiary/aromatic N) is 2. The lowest BCUT2D eigenvalue weighted by Crippen LogP contribution is -2.41. The van der Waals surface area contributed by atoms with Crippen molar-refractivity contribution in [3.63, 3.8) is 0 Å². The first-order chi connectivity index (χ1) is 11.3.